The second-order valence-corrected chi connectivity index (χ2v) is 10.6. The Kier molecular flexibility index (Phi) is 7.16. The van der Waals surface area contributed by atoms with Crippen LogP contribution in [0.5, 0.6) is 0 Å². The first-order valence-corrected chi connectivity index (χ1v) is 12.2. The topological polar surface area (TPSA) is 96.6 Å². The van der Waals surface area contributed by atoms with Gasteiger partial charge in [-0.1, -0.05) is 45.0 Å². The van der Waals surface area contributed by atoms with E-state index in [1.165, 1.54) is 11.2 Å². The lowest BCUT2D eigenvalue weighted by atomic mass is 10.0. The first kappa shape index (κ1) is 23.4. The SMILES string of the molecule is CC(=O)N(CCc1noc(C(C)C)n1)C1CCN(S(=O)(=O)c2ccc(C(C)C)cc2)C1. The fourth-order valence-electron chi connectivity index (χ4n) is 3.78. The average Bonchev–Trinajstić information content (AvgIpc) is 3.38. The van der Waals surface area contributed by atoms with Crippen LogP contribution in [0.1, 0.15) is 70.2 Å². The van der Waals surface area contributed by atoms with E-state index in [1.54, 1.807) is 17.0 Å². The third-order valence-electron chi connectivity index (χ3n) is 5.71. The van der Waals surface area contributed by atoms with E-state index in [0.717, 1.165) is 5.56 Å². The predicted molar refractivity (Wildman–Crippen MR) is 117 cm³/mol. The molecule has 0 N–H and O–H groups in total. The fourth-order valence-corrected chi connectivity index (χ4v) is 5.27. The third kappa shape index (κ3) is 5.33. The standard InChI is InChI=1S/C22H32N4O4S/c1-15(2)18-6-8-20(9-7-18)31(28,29)25-12-10-19(14-25)26(17(5)27)13-11-21-23-22(16(3)4)30-24-21/h6-9,15-16,19H,10-14H2,1-5H3. The molecular weight excluding hydrogens is 416 g/mol. The average molecular weight is 449 g/mol. The fraction of sp³-hybridized carbons (Fsp3) is 0.591. The lowest BCUT2D eigenvalue weighted by Gasteiger charge is -2.27. The van der Waals surface area contributed by atoms with E-state index in [4.69, 9.17) is 4.52 Å². The molecule has 31 heavy (non-hydrogen) atoms. The lowest BCUT2D eigenvalue weighted by molar-refractivity contribution is -0.130. The number of amides is 1. The number of rotatable bonds is 8. The zero-order chi connectivity index (χ0) is 22.8. The molecule has 170 valence electrons. The molecule has 0 spiro atoms. The molecule has 0 bridgehead atoms. The van der Waals surface area contributed by atoms with Gasteiger partial charge in [-0.2, -0.15) is 9.29 Å². The van der Waals surface area contributed by atoms with Gasteiger partial charge in [-0.15, -0.1) is 0 Å². The maximum atomic E-state index is 13.1. The molecule has 1 amide bonds. The molecule has 1 aromatic heterocycles. The molecule has 1 aliphatic heterocycles. The van der Waals surface area contributed by atoms with Crippen molar-refractivity contribution in [1.82, 2.24) is 19.3 Å². The van der Waals surface area contributed by atoms with E-state index < -0.39 is 10.0 Å². The van der Waals surface area contributed by atoms with Gasteiger partial charge in [-0.25, -0.2) is 8.42 Å². The Morgan fingerprint density at radius 3 is 2.42 bits per heavy atom. The van der Waals surface area contributed by atoms with Crippen LogP contribution in [0.15, 0.2) is 33.7 Å². The second-order valence-electron chi connectivity index (χ2n) is 8.70. The van der Waals surface area contributed by atoms with Gasteiger partial charge in [-0.3, -0.25) is 4.79 Å². The van der Waals surface area contributed by atoms with Crippen LogP contribution in [0, 0.1) is 0 Å². The van der Waals surface area contributed by atoms with Crippen LogP contribution in [0.4, 0.5) is 0 Å². The van der Waals surface area contributed by atoms with Gasteiger partial charge in [0.1, 0.15) is 0 Å². The molecule has 3 rings (SSSR count). The van der Waals surface area contributed by atoms with Gasteiger partial charge in [0.05, 0.1) is 4.90 Å². The molecule has 2 heterocycles. The zero-order valence-corrected chi connectivity index (χ0v) is 19.7. The molecule has 1 saturated heterocycles. The van der Waals surface area contributed by atoms with Crippen molar-refractivity contribution >= 4 is 15.9 Å². The summed E-state index contributed by atoms with van der Waals surface area (Å²) < 4.78 is 32.9. The molecule has 1 aliphatic rings. The molecule has 1 fully saturated rings. The van der Waals surface area contributed by atoms with Crippen molar-refractivity contribution < 1.29 is 17.7 Å². The van der Waals surface area contributed by atoms with Crippen LogP contribution < -0.4 is 0 Å². The lowest BCUT2D eigenvalue weighted by Crippen LogP contribution is -2.42. The minimum atomic E-state index is -3.59. The summed E-state index contributed by atoms with van der Waals surface area (Å²) in [4.78, 5) is 18.7. The first-order valence-electron chi connectivity index (χ1n) is 10.8. The van der Waals surface area contributed by atoms with E-state index in [9.17, 15) is 13.2 Å². The Balaban J connectivity index is 1.66. The smallest absolute Gasteiger partial charge is 0.243 e. The van der Waals surface area contributed by atoms with Crippen molar-refractivity contribution in [2.75, 3.05) is 19.6 Å². The van der Waals surface area contributed by atoms with Crippen LogP contribution >= 0.6 is 0 Å². The number of hydrogen-bond acceptors (Lipinski definition) is 6. The Morgan fingerprint density at radius 1 is 1.19 bits per heavy atom. The highest BCUT2D eigenvalue weighted by molar-refractivity contribution is 7.89. The van der Waals surface area contributed by atoms with Gasteiger partial charge in [0.25, 0.3) is 0 Å². The summed E-state index contributed by atoms with van der Waals surface area (Å²) in [6, 6.07) is 6.90. The first-order chi connectivity index (χ1) is 14.6. The summed E-state index contributed by atoms with van der Waals surface area (Å²) in [6.45, 7) is 10.7. The van der Waals surface area contributed by atoms with Crippen LogP contribution in [-0.2, 0) is 21.2 Å². The Bertz CT molecular complexity index is 999. The van der Waals surface area contributed by atoms with Crippen molar-refractivity contribution in [3.05, 3.63) is 41.5 Å². The number of aromatic nitrogens is 2. The number of hydrogen-bond donors (Lipinski definition) is 0. The molecule has 1 atom stereocenters. The summed E-state index contributed by atoms with van der Waals surface area (Å²) >= 11 is 0. The van der Waals surface area contributed by atoms with E-state index in [0.29, 0.717) is 48.5 Å². The van der Waals surface area contributed by atoms with Gasteiger partial charge < -0.3 is 9.42 Å². The molecule has 1 aromatic carbocycles. The Hall–Kier alpha value is -2.26. The van der Waals surface area contributed by atoms with E-state index in [-0.39, 0.29) is 24.4 Å². The van der Waals surface area contributed by atoms with Gasteiger partial charge in [0.2, 0.25) is 21.8 Å². The Labute approximate surface area is 184 Å². The zero-order valence-electron chi connectivity index (χ0n) is 18.9. The Morgan fingerprint density at radius 2 is 1.87 bits per heavy atom. The van der Waals surface area contributed by atoms with Crippen LogP contribution in [0.25, 0.3) is 0 Å². The van der Waals surface area contributed by atoms with E-state index in [2.05, 4.69) is 24.0 Å². The minimum Gasteiger partial charge on any atom is -0.339 e. The van der Waals surface area contributed by atoms with Gasteiger partial charge in [-0.05, 0) is 30.0 Å². The molecular formula is C22H32N4O4S. The number of sulfonamides is 1. The molecule has 0 saturated carbocycles. The monoisotopic (exact) mass is 448 g/mol. The molecule has 8 nitrogen and oxygen atoms in total. The van der Waals surface area contributed by atoms with E-state index >= 15 is 0 Å². The predicted octanol–water partition coefficient (Wildman–Crippen LogP) is 3.17. The number of benzene rings is 1. The third-order valence-corrected chi connectivity index (χ3v) is 7.59. The van der Waals surface area contributed by atoms with Gasteiger partial charge in [0, 0.05) is 44.9 Å². The van der Waals surface area contributed by atoms with E-state index in [1.807, 2.05) is 26.0 Å². The molecule has 1 unspecified atom stereocenters. The van der Waals surface area contributed by atoms with Crippen molar-refractivity contribution in [3.63, 3.8) is 0 Å². The minimum absolute atomic E-state index is 0.0851. The summed E-state index contributed by atoms with van der Waals surface area (Å²) in [5, 5.41) is 3.98. The van der Waals surface area contributed by atoms with Gasteiger partial charge >= 0.3 is 0 Å². The highest BCUT2D eigenvalue weighted by Crippen LogP contribution is 2.25. The maximum absolute atomic E-state index is 13.1. The van der Waals surface area contributed by atoms with Crippen molar-refractivity contribution in [3.8, 4) is 0 Å². The van der Waals surface area contributed by atoms with Crippen LogP contribution in [-0.4, -0.2) is 59.3 Å². The van der Waals surface area contributed by atoms with Gasteiger partial charge in [0.15, 0.2) is 5.82 Å². The highest BCUT2D eigenvalue weighted by atomic mass is 32.2. The quantitative estimate of drug-likeness (QED) is 0.615. The van der Waals surface area contributed by atoms with Crippen LogP contribution in [0.3, 0.4) is 0 Å². The second kappa shape index (κ2) is 9.48. The van der Waals surface area contributed by atoms with Crippen molar-refractivity contribution in [2.45, 2.75) is 70.2 Å². The highest BCUT2D eigenvalue weighted by Gasteiger charge is 2.36. The summed E-state index contributed by atoms with van der Waals surface area (Å²) in [6.07, 6.45) is 1.07. The van der Waals surface area contributed by atoms with Crippen LogP contribution in [0.2, 0.25) is 0 Å². The summed E-state index contributed by atoms with van der Waals surface area (Å²) in [7, 11) is -3.59. The maximum Gasteiger partial charge on any atom is 0.243 e. The van der Waals surface area contributed by atoms with Crippen molar-refractivity contribution in [1.29, 1.82) is 0 Å². The normalized spacial score (nSPS) is 17.6. The molecule has 9 heteroatoms. The van der Waals surface area contributed by atoms with Crippen molar-refractivity contribution in [2.24, 2.45) is 0 Å². The molecule has 0 radical (unpaired) electrons. The number of nitrogens with zero attached hydrogens (tertiary/aromatic N) is 4. The molecule has 0 aliphatic carbocycles. The summed E-state index contributed by atoms with van der Waals surface area (Å²) in [5.74, 6) is 1.54. The number of carbonyl (C=O) groups is 1. The largest absolute Gasteiger partial charge is 0.339 e. The summed E-state index contributed by atoms with van der Waals surface area (Å²) in [5.41, 5.74) is 1.10. The number of carbonyl (C=O) groups excluding carboxylic acids is 1. The molecule has 2 aromatic rings.